The van der Waals surface area contributed by atoms with Crippen LogP contribution in [-0.4, -0.2) is 45.6 Å². The lowest BCUT2D eigenvalue weighted by molar-refractivity contribution is 0.0192. The molecule has 18 heavy (non-hydrogen) atoms. The third-order valence-corrected chi connectivity index (χ3v) is 2.28. The molecule has 0 aliphatic rings. The SMILES string of the molecule is CNCc1cccc(COCCOCCOC)n1. The van der Waals surface area contributed by atoms with E-state index in [1.807, 2.05) is 25.2 Å². The Morgan fingerprint density at radius 2 is 1.78 bits per heavy atom. The first-order valence-electron chi connectivity index (χ1n) is 6.10. The first-order chi connectivity index (χ1) is 8.86. The first-order valence-corrected chi connectivity index (χ1v) is 6.10. The molecule has 0 aliphatic carbocycles. The normalized spacial score (nSPS) is 10.8. The number of aromatic nitrogens is 1. The molecule has 5 nitrogen and oxygen atoms in total. The van der Waals surface area contributed by atoms with Crippen LogP contribution >= 0.6 is 0 Å². The van der Waals surface area contributed by atoms with Crippen LogP contribution in [0.1, 0.15) is 11.4 Å². The number of rotatable bonds is 10. The highest BCUT2D eigenvalue weighted by Gasteiger charge is 1.97. The minimum atomic E-state index is 0.519. The fraction of sp³-hybridized carbons (Fsp3) is 0.615. The zero-order valence-corrected chi connectivity index (χ0v) is 11.1. The minimum Gasteiger partial charge on any atom is -0.382 e. The summed E-state index contributed by atoms with van der Waals surface area (Å²) in [7, 11) is 3.56. The van der Waals surface area contributed by atoms with Crippen LogP contribution in [0.3, 0.4) is 0 Å². The molecule has 1 aromatic rings. The van der Waals surface area contributed by atoms with E-state index in [1.54, 1.807) is 7.11 Å². The van der Waals surface area contributed by atoms with Crippen molar-refractivity contribution in [2.75, 3.05) is 40.6 Å². The van der Waals surface area contributed by atoms with Crippen LogP contribution in [0.4, 0.5) is 0 Å². The van der Waals surface area contributed by atoms with Crippen LogP contribution in [0.25, 0.3) is 0 Å². The highest BCUT2D eigenvalue weighted by atomic mass is 16.5. The molecule has 1 rings (SSSR count). The molecule has 0 saturated heterocycles. The molecule has 0 saturated carbocycles. The molecule has 0 aromatic carbocycles. The number of hydrogen-bond donors (Lipinski definition) is 1. The molecule has 1 aromatic heterocycles. The maximum Gasteiger partial charge on any atom is 0.0889 e. The molecule has 0 unspecified atom stereocenters. The number of methoxy groups -OCH3 is 1. The Labute approximate surface area is 108 Å². The third kappa shape index (κ3) is 6.66. The van der Waals surface area contributed by atoms with E-state index in [2.05, 4.69) is 10.3 Å². The first kappa shape index (κ1) is 15.0. The molecule has 0 spiro atoms. The minimum absolute atomic E-state index is 0.519. The van der Waals surface area contributed by atoms with Crippen LogP contribution in [0.5, 0.6) is 0 Å². The molecule has 0 atom stereocenters. The molecular formula is C13H22N2O3. The van der Waals surface area contributed by atoms with Gasteiger partial charge < -0.3 is 19.5 Å². The van der Waals surface area contributed by atoms with Gasteiger partial charge >= 0.3 is 0 Å². The van der Waals surface area contributed by atoms with E-state index in [9.17, 15) is 0 Å². The summed E-state index contributed by atoms with van der Waals surface area (Å²) in [6.45, 7) is 3.67. The predicted molar refractivity (Wildman–Crippen MR) is 69.4 cm³/mol. The van der Waals surface area contributed by atoms with Gasteiger partial charge in [0.05, 0.1) is 44.4 Å². The van der Waals surface area contributed by atoms with E-state index >= 15 is 0 Å². The van der Waals surface area contributed by atoms with E-state index in [1.165, 1.54) is 0 Å². The van der Waals surface area contributed by atoms with Crippen molar-refractivity contribution in [3.8, 4) is 0 Å². The van der Waals surface area contributed by atoms with Gasteiger partial charge in [0.15, 0.2) is 0 Å². The Morgan fingerprint density at radius 1 is 1.06 bits per heavy atom. The standard InChI is InChI=1S/C13H22N2O3/c1-14-10-12-4-3-5-13(15-12)11-18-9-8-17-7-6-16-2/h3-5,14H,6-11H2,1-2H3. The van der Waals surface area contributed by atoms with Gasteiger partial charge in [-0.15, -0.1) is 0 Å². The largest absolute Gasteiger partial charge is 0.382 e. The van der Waals surface area contributed by atoms with E-state index in [-0.39, 0.29) is 0 Å². The Kier molecular flexibility index (Phi) is 8.33. The Hall–Kier alpha value is -1.01. The maximum absolute atomic E-state index is 5.48. The van der Waals surface area contributed by atoms with Crippen molar-refractivity contribution in [2.24, 2.45) is 0 Å². The van der Waals surface area contributed by atoms with Gasteiger partial charge in [-0.25, -0.2) is 0 Å². The van der Waals surface area contributed by atoms with Gasteiger partial charge in [0, 0.05) is 13.7 Å². The smallest absolute Gasteiger partial charge is 0.0889 e. The van der Waals surface area contributed by atoms with Gasteiger partial charge in [0.1, 0.15) is 0 Å². The van der Waals surface area contributed by atoms with Crippen molar-refractivity contribution in [3.05, 3.63) is 29.6 Å². The number of pyridine rings is 1. The van der Waals surface area contributed by atoms with Crippen LogP contribution in [-0.2, 0) is 27.4 Å². The van der Waals surface area contributed by atoms with Crippen molar-refractivity contribution in [2.45, 2.75) is 13.2 Å². The summed E-state index contributed by atoms with van der Waals surface area (Å²) in [5, 5.41) is 3.07. The Bertz CT molecular complexity index is 321. The fourth-order valence-corrected chi connectivity index (χ4v) is 1.43. The van der Waals surface area contributed by atoms with Gasteiger partial charge in [-0.1, -0.05) is 6.07 Å². The molecule has 0 bridgehead atoms. The predicted octanol–water partition coefficient (Wildman–Crippen LogP) is 0.981. The Morgan fingerprint density at radius 3 is 2.56 bits per heavy atom. The number of nitrogens with zero attached hydrogens (tertiary/aromatic N) is 1. The lowest BCUT2D eigenvalue weighted by atomic mass is 10.3. The molecular weight excluding hydrogens is 232 g/mol. The lowest BCUT2D eigenvalue weighted by Crippen LogP contribution is -2.10. The second kappa shape index (κ2) is 9.96. The van der Waals surface area contributed by atoms with Crippen molar-refractivity contribution in [1.29, 1.82) is 0 Å². The summed E-state index contributed by atoms with van der Waals surface area (Å²) >= 11 is 0. The number of ether oxygens (including phenoxy) is 3. The van der Waals surface area contributed by atoms with E-state index in [0.717, 1.165) is 17.9 Å². The highest BCUT2D eigenvalue weighted by Crippen LogP contribution is 2.01. The number of nitrogens with one attached hydrogen (secondary N) is 1. The summed E-state index contributed by atoms with van der Waals surface area (Å²) in [5.74, 6) is 0. The lowest BCUT2D eigenvalue weighted by Gasteiger charge is -2.06. The molecule has 1 heterocycles. The second-order valence-corrected chi connectivity index (χ2v) is 3.81. The van der Waals surface area contributed by atoms with Crippen molar-refractivity contribution in [1.82, 2.24) is 10.3 Å². The van der Waals surface area contributed by atoms with Crippen molar-refractivity contribution >= 4 is 0 Å². The van der Waals surface area contributed by atoms with Crippen LogP contribution in [0.15, 0.2) is 18.2 Å². The second-order valence-electron chi connectivity index (χ2n) is 3.81. The van der Waals surface area contributed by atoms with Crippen LogP contribution in [0.2, 0.25) is 0 Å². The summed E-state index contributed by atoms with van der Waals surface area (Å²) in [6.07, 6.45) is 0. The van der Waals surface area contributed by atoms with Gasteiger partial charge in [-0.3, -0.25) is 4.98 Å². The van der Waals surface area contributed by atoms with E-state index in [4.69, 9.17) is 14.2 Å². The van der Waals surface area contributed by atoms with Gasteiger partial charge in [0.2, 0.25) is 0 Å². The van der Waals surface area contributed by atoms with Crippen LogP contribution in [0, 0.1) is 0 Å². The van der Waals surface area contributed by atoms with Gasteiger partial charge in [-0.05, 0) is 19.2 Å². The van der Waals surface area contributed by atoms with E-state index < -0.39 is 0 Å². The summed E-state index contributed by atoms with van der Waals surface area (Å²) in [6, 6.07) is 5.95. The number of hydrogen-bond acceptors (Lipinski definition) is 5. The quantitative estimate of drug-likeness (QED) is 0.631. The highest BCUT2D eigenvalue weighted by molar-refractivity contribution is 5.10. The summed E-state index contributed by atoms with van der Waals surface area (Å²) in [4.78, 5) is 4.46. The average molecular weight is 254 g/mol. The Balaban J connectivity index is 2.13. The molecule has 5 heteroatoms. The third-order valence-electron chi connectivity index (χ3n) is 2.28. The molecule has 0 amide bonds. The van der Waals surface area contributed by atoms with Gasteiger partial charge in [-0.2, -0.15) is 0 Å². The maximum atomic E-state index is 5.48. The zero-order chi connectivity index (χ0) is 13.1. The summed E-state index contributed by atoms with van der Waals surface area (Å²) in [5.41, 5.74) is 1.97. The molecule has 0 aliphatic heterocycles. The summed E-state index contributed by atoms with van der Waals surface area (Å²) < 4.78 is 15.7. The van der Waals surface area contributed by atoms with Crippen molar-refractivity contribution in [3.63, 3.8) is 0 Å². The van der Waals surface area contributed by atoms with E-state index in [0.29, 0.717) is 33.0 Å². The van der Waals surface area contributed by atoms with Crippen molar-refractivity contribution < 1.29 is 14.2 Å². The van der Waals surface area contributed by atoms with Crippen LogP contribution < -0.4 is 5.32 Å². The zero-order valence-electron chi connectivity index (χ0n) is 11.1. The molecule has 0 radical (unpaired) electrons. The molecule has 0 fully saturated rings. The monoisotopic (exact) mass is 254 g/mol. The average Bonchev–Trinajstić information content (AvgIpc) is 2.39. The molecule has 102 valence electrons. The van der Waals surface area contributed by atoms with Gasteiger partial charge in [0.25, 0.3) is 0 Å². The molecule has 1 N–H and O–H groups in total. The topological polar surface area (TPSA) is 52.6 Å². The fourth-order valence-electron chi connectivity index (χ4n) is 1.43.